The van der Waals surface area contributed by atoms with Gasteiger partial charge in [-0.3, -0.25) is 19.2 Å². The number of nitrogens with one attached hydrogen (secondary N) is 2. The molecule has 2 atom stereocenters. The van der Waals surface area contributed by atoms with Gasteiger partial charge in [0.05, 0.1) is 27.3 Å². The lowest BCUT2D eigenvalue weighted by Crippen LogP contribution is -2.54. The van der Waals surface area contributed by atoms with Crippen LogP contribution in [0.25, 0.3) is 10.2 Å². The summed E-state index contributed by atoms with van der Waals surface area (Å²) in [7, 11) is 0. The first-order valence-electron chi connectivity index (χ1n) is 15.0. The molecule has 2 aliphatic rings. The molecule has 3 aromatic rings. The van der Waals surface area contributed by atoms with Crippen molar-refractivity contribution in [2.45, 2.75) is 64.5 Å². The summed E-state index contributed by atoms with van der Waals surface area (Å²) in [6, 6.07) is 11.1. The number of carbonyl (C=O) groups excluding carboxylic acids is 4. The third-order valence-corrected chi connectivity index (χ3v) is 9.27. The van der Waals surface area contributed by atoms with E-state index >= 15 is 0 Å². The van der Waals surface area contributed by atoms with Crippen molar-refractivity contribution in [1.82, 2.24) is 25.4 Å². The molecule has 9 nitrogen and oxygen atoms in total. The SMILES string of the molecule is CC(C)[C@@H]1CN(C(=O)CCc2nc3ccccc3s2)CC(=O)NCCCc2ccc(F)c(c2)C(=O)N2CCC[C@H]2C(=O)N1. The Morgan fingerprint density at radius 2 is 1.95 bits per heavy atom. The van der Waals surface area contributed by atoms with Gasteiger partial charge in [0.2, 0.25) is 17.7 Å². The third-order valence-electron chi connectivity index (χ3n) is 8.17. The first kappa shape index (κ1) is 30.6. The lowest BCUT2D eigenvalue weighted by Gasteiger charge is -2.32. The van der Waals surface area contributed by atoms with Gasteiger partial charge >= 0.3 is 0 Å². The van der Waals surface area contributed by atoms with E-state index in [1.165, 1.54) is 15.9 Å². The Kier molecular flexibility index (Phi) is 9.69. The molecule has 1 fully saturated rings. The molecule has 228 valence electrons. The van der Waals surface area contributed by atoms with E-state index < -0.39 is 23.8 Å². The summed E-state index contributed by atoms with van der Waals surface area (Å²) in [5.41, 5.74) is 1.62. The standard InChI is InChI=1S/C32H38FN5O4S/c1-20(2)25-18-37(30(40)14-13-29-35-24-8-3-4-10-27(24)43-29)19-28(39)34-15-5-7-21-11-12-23(33)22(17-21)32(42)38-16-6-9-26(38)31(41)36-25/h3-4,8,10-12,17,20,25-26H,5-7,9,13-16,18-19H2,1-2H3,(H,34,39)(H,36,41)/t25-,26-/m0/s1. The first-order chi connectivity index (χ1) is 20.7. The van der Waals surface area contributed by atoms with Crippen LogP contribution in [-0.2, 0) is 27.2 Å². The molecule has 1 aromatic heterocycles. The van der Waals surface area contributed by atoms with Crippen LogP contribution in [0.3, 0.4) is 0 Å². The predicted molar refractivity (Wildman–Crippen MR) is 163 cm³/mol. The van der Waals surface area contributed by atoms with Crippen LogP contribution in [0, 0.1) is 11.7 Å². The molecule has 1 saturated heterocycles. The topological polar surface area (TPSA) is 112 Å². The molecule has 0 saturated carbocycles. The van der Waals surface area contributed by atoms with E-state index in [-0.39, 0.29) is 48.7 Å². The Balaban J connectivity index is 1.36. The highest BCUT2D eigenvalue weighted by Crippen LogP contribution is 2.25. The van der Waals surface area contributed by atoms with E-state index in [1.54, 1.807) is 23.5 Å². The third kappa shape index (κ3) is 7.38. The van der Waals surface area contributed by atoms with Crippen LogP contribution in [0.4, 0.5) is 4.39 Å². The van der Waals surface area contributed by atoms with Crippen molar-refractivity contribution < 1.29 is 23.6 Å². The summed E-state index contributed by atoms with van der Waals surface area (Å²) in [5.74, 6) is -2.00. The zero-order valence-corrected chi connectivity index (χ0v) is 25.4. The van der Waals surface area contributed by atoms with Crippen LogP contribution < -0.4 is 10.6 Å². The number of thiazole rings is 1. The van der Waals surface area contributed by atoms with Gasteiger partial charge < -0.3 is 20.4 Å². The fourth-order valence-corrected chi connectivity index (χ4v) is 6.64. The van der Waals surface area contributed by atoms with Crippen LogP contribution in [0.1, 0.15) is 60.5 Å². The molecule has 0 unspecified atom stereocenters. The minimum Gasteiger partial charge on any atom is -0.355 e. The Morgan fingerprint density at radius 3 is 2.74 bits per heavy atom. The van der Waals surface area contributed by atoms with Crippen molar-refractivity contribution in [2.24, 2.45) is 5.92 Å². The van der Waals surface area contributed by atoms with Crippen LogP contribution in [0.2, 0.25) is 0 Å². The second-order valence-electron chi connectivity index (χ2n) is 11.6. The monoisotopic (exact) mass is 607 g/mol. The van der Waals surface area contributed by atoms with Crippen LogP contribution in [0.5, 0.6) is 0 Å². The maximum absolute atomic E-state index is 14.8. The number of hydrogen-bond acceptors (Lipinski definition) is 6. The number of halogens is 1. The summed E-state index contributed by atoms with van der Waals surface area (Å²) in [6.45, 7) is 4.62. The largest absolute Gasteiger partial charge is 0.355 e. The lowest BCUT2D eigenvalue weighted by atomic mass is 10.0. The number of aromatic nitrogens is 1. The summed E-state index contributed by atoms with van der Waals surface area (Å²) in [5, 5.41) is 6.79. The molecule has 2 aromatic carbocycles. The average molecular weight is 608 g/mol. The molecule has 3 heterocycles. The fraction of sp³-hybridized carbons (Fsp3) is 0.469. The smallest absolute Gasteiger partial charge is 0.257 e. The Hall–Kier alpha value is -3.86. The fourth-order valence-electron chi connectivity index (χ4n) is 5.67. The van der Waals surface area contributed by atoms with Gasteiger partial charge in [0, 0.05) is 38.5 Å². The van der Waals surface area contributed by atoms with Gasteiger partial charge in [-0.25, -0.2) is 9.37 Å². The molecule has 2 N–H and O–H groups in total. The number of para-hydroxylation sites is 1. The van der Waals surface area contributed by atoms with Gasteiger partial charge in [0.25, 0.3) is 5.91 Å². The summed E-state index contributed by atoms with van der Waals surface area (Å²) in [6.07, 6.45) is 2.84. The highest BCUT2D eigenvalue weighted by Gasteiger charge is 2.37. The quantitative estimate of drug-likeness (QED) is 0.470. The van der Waals surface area contributed by atoms with Gasteiger partial charge in [0.1, 0.15) is 11.9 Å². The van der Waals surface area contributed by atoms with Crippen molar-refractivity contribution in [3.63, 3.8) is 0 Å². The van der Waals surface area contributed by atoms with Crippen LogP contribution in [0.15, 0.2) is 42.5 Å². The number of hydrogen-bond donors (Lipinski definition) is 2. The molecule has 0 radical (unpaired) electrons. The van der Waals surface area contributed by atoms with E-state index in [0.717, 1.165) is 20.8 Å². The molecule has 5 rings (SSSR count). The van der Waals surface area contributed by atoms with E-state index in [4.69, 9.17) is 0 Å². The summed E-state index contributed by atoms with van der Waals surface area (Å²) in [4.78, 5) is 61.1. The normalized spacial score (nSPS) is 20.6. The van der Waals surface area contributed by atoms with Crippen molar-refractivity contribution in [1.29, 1.82) is 0 Å². The van der Waals surface area contributed by atoms with Crippen LogP contribution >= 0.6 is 11.3 Å². The number of fused-ring (bicyclic) bond motifs is 4. The Bertz CT molecular complexity index is 1470. The predicted octanol–water partition coefficient (Wildman–Crippen LogP) is 3.70. The van der Waals surface area contributed by atoms with Gasteiger partial charge in [0.15, 0.2) is 0 Å². The maximum Gasteiger partial charge on any atom is 0.257 e. The zero-order chi connectivity index (χ0) is 30.5. The number of carbonyl (C=O) groups is 4. The van der Waals surface area contributed by atoms with E-state index in [9.17, 15) is 23.6 Å². The number of aryl methyl sites for hydroxylation is 2. The van der Waals surface area contributed by atoms with E-state index in [0.29, 0.717) is 45.2 Å². The molecular weight excluding hydrogens is 569 g/mol. The van der Waals surface area contributed by atoms with Crippen molar-refractivity contribution in [3.05, 3.63) is 64.4 Å². The van der Waals surface area contributed by atoms with Gasteiger partial charge in [-0.15, -0.1) is 11.3 Å². The maximum atomic E-state index is 14.8. The highest BCUT2D eigenvalue weighted by atomic mass is 32.1. The van der Waals surface area contributed by atoms with E-state index in [1.807, 2.05) is 38.1 Å². The van der Waals surface area contributed by atoms with Gasteiger partial charge in [-0.2, -0.15) is 0 Å². The molecular formula is C32H38FN5O4S. The van der Waals surface area contributed by atoms with Gasteiger partial charge in [-0.05, 0) is 61.4 Å². The van der Waals surface area contributed by atoms with Crippen molar-refractivity contribution >= 4 is 45.2 Å². The first-order valence-corrected chi connectivity index (χ1v) is 15.8. The lowest BCUT2D eigenvalue weighted by molar-refractivity contribution is -0.137. The minimum absolute atomic E-state index is 0.0455. The van der Waals surface area contributed by atoms with Crippen molar-refractivity contribution in [3.8, 4) is 0 Å². The number of rotatable bonds is 4. The molecule has 0 aliphatic carbocycles. The highest BCUT2D eigenvalue weighted by molar-refractivity contribution is 7.18. The average Bonchev–Trinajstić information content (AvgIpc) is 3.64. The molecule has 4 amide bonds. The minimum atomic E-state index is -0.737. The molecule has 43 heavy (non-hydrogen) atoms. The zero-order valence-electron chi connectivity index (χ0n) is 24.6. The Morgan fingerprint density at radius 1 is 1.14 bits per heavy atom. The molecule has 11 heteroatoms. The van der Waals surface area contributed by atoms with Gasteiger partial charge in [-0.1, -0.05) is 32.0 Å². The number of nitrogens with zero attached hydrogens (tertiary/aromatic N) is 3. The second kappa shape index (κ2) is 13.6. The van der Waals surface area contributed by atoms with E-state index in [2.05, 4.69) is 15.6 Å². The number of benzene rings is 2. The molecule has 2 aliphatic heterocycles. The second-order valence-corrected chi connectivity index (χ2v) is 12.7. The van der Waals surface area contributed by atoms with Crippen LogP contribution in [-0.4, -0.2) is 76.7 Å². The summed E-state index contributed by atoms with van der Waals surface area (Å²) >= 11 is 1.55. The van der Waals surface area contributed by atoms with Crippen molar-refractivity contribution in [2.75, 3.05) is 26.2 Å². The molecule has 0 spiro atoms. The Labute approximate surface area is 254 Å². The molecule has 2 bridgehead atoms. The number of amides is 4. The summed E-state index contributed by atoms with van der Waals surface area (Å²) < 4.78 is 15.8.